The molecule has 0 spiro atoms. The van der Waals surface area contributed by atoms with Crippen LogP contribution in [0.5, 0.6) is 0 Å². The van der Waals surface area contributed by atoms with Crippen molar-refractivity contribution in [2.75, 3.05) is 25.4 Å². The lowest BCUT2D eigenvalue weighted by molar-refractivity contribution is 0.111. The maximum atomic E-state index is 4.25. The third-order valence-electron chi connectivity index (χ3n) is 4.19. The molecular weight excluding hydrogens is 226 g/mol. The lowest BCUT2D eigenvalue weighted by atomic mass is 9.75. The number of thiol groups is 1. The number of piperidine rings is 1. The number of unbranched alkanes of at least 4 members (excludes halogenated alkanes) is 3. The number of nitrogens with zero attached hydrogens (tertiary/aromatic N) is 1. The van der Waals surface area contributed by atoms with E-state index in [4.69, 9.17) is 0 Å². The molecule has 1 heterocycles. The van der Waals surface area contributed by atoms with E-state index < -0.39 is 0 Å². The quantitative estimate of drug-likeness (QED) is 0.550. The topological polar surface area (TPSA) is 3.24 Å². The monoisotopic (exact) mass is 257 g/mol. The predicted molar refractivity (Wildman–Crippen MR) is 80.9 cm³/mol. The predicted octanol–water partition coefficient (Wildman–Crippen LogP) is 4.23. The van der Waals surface area contributed by atoms with Gasteiger partial charge in [0.2, 0.25) is 0 Å². The van der Waals surface area contributed by atoms with Gasteiger partial charge in [-0.25, -0.2) is 0 Å². The SMILES string of the molecule is CC(C)(C)C1CCN(CCCCCCS)CC1. The highest BCUT2D eigenvalue weighted by molar-refractivity contribution is 7.80. The molecule has 2 heteroatoms. The second kappa shape index (κ2) is 7.68. The third kappa shape index (κ3) is 6.15. The van der Waals surface area contributed by atoms with Crippen LogP contribution in [0.3, 0.4) is 0 Å². The van der Waals surface area contributed by atoms with Gasteiger partial charge in [0.25, 0.3) is 0 Å². The molecule has 0 radical (unpaired) electrons. The molecule has 1 aliphatic rings. The summed E-state index contributed by atoms with van der Waals surface area (Å²) >= 11 is 4.25. The van der Waals surface area contributed by atoms with Crippen LogP contribution in [0.25, 0.3) is 0 Å². The molecule has 1 nitrogen and oxygen atoms in total. The first kappa shape index (κ1) is 15.4. The molecule has 0 aliphatic carbocycles. The standard InChI is InChI=1S/C15H31NS/c1-15(2,3)14-8-11-16(12-9-14)10-6-4-5-7-13-17/h14,17H,4-13H2,1-3H3. The number of likely N-dealkylation sites (tertiary alicyclic amines) is 1. The summed E-state index contributed by atoms with van der Waals surface area (Å²) in [6.45, 7) is 11.2. The van der Waals surface area contributed by atoms with Crippen molar-refractivity contribution in [3.63, 3.8) is 0 Å². The zero-order valence-electron chi connectivity index (χ0n) is 12.0. The summed E-state index contributed by atoms with van der Waals surface area (Å²) in [6, 6.07) is 0. The Balaban J connectivity index is 2.07. The molecule has 0 amide bonds. The van der Waals surface area contributed by atoms with Gasteiger partial charge in [-0.2, -0.15) is 12.6 Å². The zero-order valence-corrected chi connectivity index (χ0v) is 12.9. The number of rotatable bonds is 6. The Hall–Kier alpha value is 0.310. The summed E-state index contributed by atoms with van der Waals surface area (Å²) in [4.78, 5) is 2.67. The molecule has 0 saturated carbocycles. The second-order valence-electron chi connectivity index (χ2n) is 6.62. The van der Waals surface area contributed by atoms with Crippen LogP contribution in [-0.4, -0.2) is 30.3 Å². The first-order valence-corrected chi connectivity index (χ1v) is 8.00. The van der Waals surface area contributed by atoms with Crippen LogP contribution in [0.4, 0.5) is 0 Å². The molecule has 0 N–H and O–H groups in total. The fourth-order valence-electron chi connectivity index (χ4n) is 2.82. The lowest BCUT2D eigenvalue weighted by Crippen LogP contribution is -2.38. The van der Waals surface area contributed by atoms with Gasteiger partial charge in [0.05, 0.1) is 0 Å². The van der Waals surface area contributed by atoms with Crippen LogP contribution >= 0.6 is 12.6 Å². The normalized spacial score (nSPS) is 19.8. The van der Waals surface area contributed by atoms with Crippen LogP contribution in [0.2, 0.25) is 0 Å². The first-order valence-electron chi connectivity index (χ1n) is 7.37. The average molecular weight is 257 g/mol. The number of hydrogen-bond acceptors (Lipinski definition) is 2. The van der Waals surface area contributed by atoms with Crippen molar-refractivity contribution < 1.29 is 0 Å². The maximum absolute atomic E-state index is 4.25. The van der Waals surface area contributed by atoms with Gasteiger partial charge < -0.3 is 4.90 Å². The van der Waals surface area contributed by atoms with Crippen molar-refractivity contribution >= 4 is 12.6 Å². The largest absolute Gasteiger partial charge is 0.303 e. The van der Waals surface area contributed by atoms with Gasteiger partial charge in [-0.3, -0.25) is 0 Å². The molecule has 17 heavy (non-hydrogen) atoms. The summed E-state index contributed by atoms with van der Waals surface area (Å²) in [6.07, 6.45) is 8.23. The average Bonchev–Trinajstić information content (AvgIpc) is 2.28. The Morgan fingerprint density at radius 2 is 1.59 bits per heavy atom. The Bertz CT molecular complexity index is 190. The van der Waals surface area contributed by atoms with Crippen molar-refractivity contribution in [2.45, 2.75) is 59.3 Å². The molecule has 0 aromatic rings. The summed E-state index contributed by atoms with van der Waals surface area (Å²) in [5.41, 5.74) is 0.513. The van der Waals surface area contributed by atoms with Gasteiger partial charge in [0, 0.05) is 0 Å². The van der Waals surface area contributed by atoms with E-state index in [0.717, 1.165) is 11.7 Å². The zero-order chi connectivity index (χ0) is 12.7. The van der Waals surface area contributed by atoms with Crippen molar-refractivity contribution in [3.8, 4) is 0 Å². The van der Waals surface area contributed by atoms with Crippen LogP contribution in [0.15, 0.2) is 0 Å². The minimum Gasteiger partial charge on any atom is -0.303 e. The van der Waals surface area contributed by atoms with E-state index in [9.17, 15) is 0 Å². The fraction of sp³-hybridized carbons (Fsp3) is 1.00. The Morgan fingerprint density at radius 3 is 2.12 bits per heavy atom. The minimum absolute atomic E-state index is 0.513. The third-order valence-corrected chi connectivity index (χ3v) is 4.51. The van der Waals surface area contributed by atoms with Gasteiger partial charge in [0.15, 0.2) is 0 Å². The van der Waals surface area contributed by atoms with Crippen LogP contribution in [0, 0.1) is 11.3 Å². The van der Waals surface area contributed by atoms with E-state index in [1.807, 2.05) is 0 Å². The van der Waals surface area contributed by atoms with Crippen LogP contribution in [0.1, 0.15) is 59.3 Å². The van der Waals surface area contributed by atoms with Crippen molar-refractivity contribution in [3.05, 3.63) is 0 Å². The van der Waals surface area contributed by atoms with Gasteiger partial charge in [-0.05, 0) is 62.4 Å². The van der Waals surface area contributed by atoms with E-state index in [-0.39, 0.29) is 0 Å². The van der Waals surface area contributed by atoms with Gasteiger partial charge in [-0.1, -0.05) is 33.6 Å². The molecule has 0 aromatic heterocycles. The van der Waals surface area contributed by atoms with Gasteiger partial charge >= 0.3 is 0 Å². The summed E-state index contributed by atoms with van der Waals surface area (Å²) < 4.78 is 0. The van der Waals surface area contributed by atoms with Crippen LogP contribution < -0.4 is 0 Å². The van der Waals surface area contributed by atoms with E-state index in [0.29, 0.717) is 5.41 Å². The van der Waals surface area contributed by atoms with E-state index in [2.05, 4.69) is 38.3 Å². The minimum atomic E-state index is 0.513. The number of hydrogen-bond donors (Lipinski definition) is 1. The molecule has 1 saturated heterocycles. The molecule has 0 aromatic carbocycles. The van der Waals surface area contributed by atoms with Crippen molar-refractivity contribution in [1.82, 2.24) is 4.90 Å². The van der Waals surface area contributed by atoms with Crippen molar-refractivity contribution in [1.29, 1.82) is 0 Å². The van der Waals surface area contributed by atoms with Crippen LogP contribution in [-0.2, 0) is 0 Å². The van der Waals surface area contributed by atoms with Gasteiger partial charge in [-0.15, -0.1) is 0 Å². The highest BCUT2D eigenvalue weighted by atomic mass is 32.1. The molecule has 1 aliphatic heterocycles. The molecule has 0 unspecified atom stereocenters. The first-order chi connectivity index (χ1) is 8.04. The maximum Gasteiger partial charge on any atom is -0.00159 e. The molecule has 0 atom stereocenters. The Labute approximate surface area is 114 Å². The highest BCUT2D eigenvalue weighted by Crippen LogP contribution is 2.34. The summed E-state index contributed by atoms with van der Waals surface area (Å²) in [5.74, 6) is 1.99. The molecule has 1 rings (SSSR count). The smallest absolute Gasteiger partial charge is 0.00159 e. The van der Waals surface area contributed by atoms with E-state index >= 15 is 0 Å². The molecule has 0 bridgehead atoms. The lowest BCUT2D eigenvalue weighted by Gasteiger charge is -2.38. The highest BCUT2D eigenvalue weighted by Gasteiger charge is 2.28. The fourth-order valence-corrected chi connectivity index (χ4v) is 3.05. The Morgan fingerprint density at radius 1 is 1.00 bits per heavy atom. The molecule has 1 fully saturated rings. The summed E-state index contributed by atoms with van der Waals surface area (Å²) in [5, 5.41) is 0. The summed E-state index contributed by atoms with van der Waals surface area (Å²) in [7, 11) is 0. The van der Waals surface area contributed by atoms with E-state index in [1.54, 1.807) is 0 Å². The second-order valence-corrected chi connectivity index (χ2v) is 7.07. The molecular formula is C15H31NS. The van der Waals surface area contributed by atoms with Gasteiger partial charge in [0.1, 0.15) is 0 Å². The molecule has 102 valence electrons. The van der Waals surface area contributed by atoms with Crippen molar-refractivity contribution in [2.24, 2.45) is 11.3 Å². The Kier molecular flexibility index (Phi) is 6.94. The van der Waals surface area contributed by atoms with E-state index in [1.165, 1.54) is 58.2 Å².